The van der Waals surface area contributed by atoms with Crippen LogP contribution in [0.1, 0.15) is 5.56 Å². The van der Waals surface area contributed by atoms with Crippen molar-refractivity contribution in [2.24, 2.45) is 0 Å². The second-order valence-electron chi connectivity index (χ2n) is 4.85. The van der Waals surface area contributed by atoms with Gasteiger partial charge in [0.1, 0.15) is 5.82 Å². The van der Waals surface area contributed by atoms with E-state index in [9.17, 15) is 12.8 Å². The van der Waals surface area contributed by atoms with Crippen LogP contribution in [0.15, 0.2) is 23.1 Å². The Hall–Kier alpha value is -0.440. The smallest absolute Gasteiger partial charge is 0.240 e. The molecule has 9 heteroatoms. The largest absolute Gasteiger partial charge is 0.314 e. The lowest BCUT2D eigenvalue weighted by Crippen LogP contribution is -2.46. The van der Waals surface area contributed by atoms with E-state index in [1.807, 2.05) is 0 Å². The van der Waals surface area contributed by atoms with Gasteiger partial charge in [-0.15, -0.1) is 24.8 Å². The van der Waals surface area contributed by atoms with Gasteiger partial charge in [0.2, 0.25) is 10.0 Å². The zero-order chi connectivity index (χ0) is 14.6. The van der Waals surface area contributed by atoms with Crippen LogP contribution in [0.25, 0.3) is 0 Å². The van der Waals surface area contributed by atoms with Crippen molar-refractivity contribution in [3.8, 4) is 0 Å². The van der Waals surface area contributed by atoms with Crippen LogP contribution in [0, 0.1) is 12.7 Å². The first kappa shape index (κ1) is 21.6. The molecular weight excluding hydrogens is 352 g/mol. The maximum absolute atomic E-state index is 13.4. The van der Waals surface area contributed by atoms with Crippen molar-refractivity contribution in [1.82, 2.24) is 14.9 Å². The molecular formula is C13H22Cl2FN3O2S. The van der Waals surface area contributed by atoms with E-state index in [0.717, 1.165) is 26.2 Å². The number of nitrogens with zero attached hydrogens (tertiary/aromatic N) is 1. The van der Waals surface area contributed by atoms with Gasteiger partial charge < -0.3 is 5.32 Å². The minimum atomic E-state index is -3.65. The molecule has 2 N–H and O–H groups in total. The molecule has 0 radical (unpaired) electrons. The van der Waals surface area contributed by atoms with Crippen LogP contribution in [0.3, 0.4) is 0 Å². The van der Waals surface area contributed by atoms with E-state index in [2.05, 4.69) is 14.9 Å². The molecule has 5 nitrogen and oxygen atoms in total. The Morgan fingerprint density at radius 3 is 2.55 bits per heavy atom. The van der Waals surface area contributed by atoms with Gasteiger partial charge in [-0.3, -0.25) is 4.90 Å². The number of piperazine rings is 1. The van der Waals surface area contributed by atoms with Gasteiger partial charge in [-0.2, -0.15) is 0 Å². The zero-order valence-corrected chi connectivity index (χ0v) is 14.8. The van der Waals surface area contributed by atoms with E-state index in [1.165, 1.54) is 25.1 Å². The van der Waals surface area contributed by atoms with Gasteiger partial charge in [0.05, 0.1) is 4.90 Å². The molecule has 0 saturated carbocycles. The summed E-state index contributed by atoms with van der Waals surface area (Å²) >= 11 is 0. The predicted molar refractivity (Wildman–Crippen MR) is 90.1 cm³/mol. The summed E-state index contributed by atoms with van der Waals surface area (Å²) in [6, 6.07) is 4.09. The van der Waals surface area contributed by atoms with Gasteiger partial charge in [0.15, 0.2) is 0 Å². The summed E-state index contributed by atoms with van der Waals surface area (Å²) in [6.07, 6.45) is 0. The Bertz CT molecular complexity index is 566. The predicted octanol–water partition coefficient (Wildman–Crippen LogP) is 1.16. The normalized spacial score (nSPS) is 15.7. The van der Waals surface area contributed by atoms with Crippen molar-refractivity contribution in [1.29, 1.82) is 0 Å². The summed E-state index contributed by atoms with van der Waals surface area (Å²) in [5.41, 5.74) is 0.155. The lowest BCUT2D eigenvalue weighted by Gasteiger charge is -2.27. The highest BCUT2D eigenvalue weighted by Crippen LogP contribution is 2.17. The number of hydrogen-bond acceptors (Lipinski definition) is 4. The maximum atomic E-state index is 13.4. The fourth-order valence-electron chi connectivity index (χ4n) is 2.23. The molecule has 1 aromatic rings. The highest BCUT2D eigenvalue weighted by molar-refractivity contribution is 7.89. The van der Waals surface area contributed by atoms with E-state index in [-0.39, 0.29) is 35.3 Å². The van der Waals surface area contributed by atoms with Crippen molar-refractivity contribution >= 4 is 34.8 Å². The first-order valence-electron chi connectivity index (χ1n) is 6.68. The number of nitrogens with one attached hydrogen (secondary N) is 2. The van der Waals surface area contributed by atoms with Gasteiger partial charge in [0, 0.05) is 44.8 Å². The molecule has 1 heterocycles. The van der Waals surface area contributed by atoms with Crippen molar-refractivity contribution in [3.05, 3.63) is 29.6 Å². The van der Waals surface area contributed by atoms with E-state index in [0.29, 0.717) is 13.1 Å². The molecule has 0 spiro atoms. The third-order valence-corrected chi connectivity index (χ3v) is 5.04. The van der Waals surface area contributed by atoms with Crippen LogP contribution in [0.2, 0.25) is 0 Å². The Labute approximate surface area is 143 Å². The van der Waals surface area contributed by atoms with Crippen LogP contribution >= 0.6 is 24.8 Å². The summed E-state index contributed by atoms with van der Waals surface area (Å²) < 4.78 is 40.2. The monoisotopic (exact) mass is 373 g/mol. The quantitative estimate of drug-likeness (QED) is 0.812. The summed E-state index contributed by atoms with van der Waals surface area (Å²) in [7, 11) is -3.65. The lowest BCUT2D eigenvalue weighted by atomic mass is 10.2. The highest BCUT2D eigenvalue weighted by Gasteiger charge is 2.18. The molecule has 1 aliphatic rings. The Morgan fingerprint density at radius 2 is 1.91 bits per heavy atom. The molecule has 2 rings (SSSR count). The standard InChI is InChI=1S/C13H20FN3O2S.2ClH/c1-11-12(14)3-2-4-13(11)20(18,19)16-7-10-17-8-5-15-6-9-17;;/h2-4,15-16H,5-10H2,1H3;2*1H. The number of rotatable bonds is 5. The molecule has 1 fully saturated rings. The maximum Gasteiger partial charge on any atom is 0.240 e. The zero-order valence-electron chi connectivity index (χ0n) is 12.3. The lowest BCUT2D eigenvalue weighted by molar-refractivity contribution is 0.245. The molecule has 0 amide bonds. The summed E-state index contributed by atoms with van der Waals surface area (Å²) in [6.45, 7) is 6.15. The minimum absolute atomic E-state index is 0. The SMILES string of the molecule is Cc1c(F)cccc1S(=O)(=O)NCCN1CCNCC1.Cl.Cl. The molecule has 1 aliphatic heterocycles. The number of halogens is 3. The van der Waals surface area contributed by atoms with Crippen LogP contribution < -0.4 is 10.0 Å². The first-order valence-corrected chi connectivity index (χ1v) is 8.17. The van der Waals surface area contributed by atoms with Crippen molar-refractivity contribution < 1.29 is 12.8 Å². The molecule has 1 saturated heterocycles. The van der Waals surface area contributed by atoms with E-state index >= 15 is 0 Å². The second kappa shape index (κ2) is 9.64. The molecule has 0 unspecified atom stereocenters. The Kier molecular flexibility index (Phi) is 9.45. The van der Waals surface area contributed by atoms with Crippen LogP contribution in [0.4, 0.5) is 4.39 Å². The highest BCUT2D eigenvalue weighted by atomic mass is 35.5. The fourth-order valence-corrected chi connectivity index (χ4v) is 3.50. The summed E-state index contributed by atoms with van der Waals surface area (Å²) in [5, 5.41) is 3.24. The van der Waals surface area contributed by atoms with Crippen molar-refractivity contribution in [2.45, 2.75) is 11.8 Å². The van der Waals surface area contributed by atoms with Gasteiger partial charge in [-0.05, 0) is 19.1 Å². The Morgan fingerprint density at radius 1 is 1.27 bits per heavy atom. The first-order chi connectivity index (χ1) is 9.50. The molecule has 1 aromatic carbocycles. The van der Waals surface area contributed by atoms with Gasteiger partial charge in [-0.25, -0.2) is 17.5 Å². The van der Waals surface area contributed by atoms with E-state index in [1.54, 1.807) is 0 Å². The fraction of sp³-hybridized carbons (Fsp3) is 0.538. The Balaban J connectivity index is 0.00000220. The molecule has 128 valence electrons. The molecule has 22 heavy (non-hydrogen) atoms. The molecule has 0 aliphatic carbocycles. The molecule has 0 atom stereocenters. The van der Waals surface area contributed by atoms with Crippen LogP contribution in [-0.4, -0.2) is 52.6 Å². The number of hydrogen-bond donors (Lipinski definition) is 2. The minimum Gasteiger partial charge on any atom is -0.314 e. The second-order valence-corrected chi connectivity index (χ2v) is 6.59. The van der Waals surface area contributed by atoms with E-state index < -0.39 is 15.8 Å². The van der Waals surface area contributed by atoms with Crippen molar-refractivity contribution in [3.63, 3.8) is 0 Å². The van der Waals surface area contributed by atoms with Gasteiger partial charge in [-0.1, -0.05) is 6.07 Å². The van der Waals surface area contributed by atoms with Gasteiger partial charge >= 0.3 is 0 Å². The van der Waals surface area contributed by atoms with Gasteiger partial charge in [0.25, 0.3) is 0 Å². The van der Waals surface area contributed by atoms with E-state index in [4.69, 9.17) is 0 Å². The molecule has 0 bridgehead atoms. The molecule has 0 aromatic heterocycles. The van der Waals surface area contributed by atoms with Crippen molar-refractivity contribution in [2.75, 3.05) is 39.3 Å². The average Bonchev–Trinajstić information content (AvgIpc) is 2.42. The third kappa shape index (κ3) is 5.64. The number of benzene rings is 1. The summed E-state index contributed by atoms with van der Waals surface area (Å²) in [4.78, 5) is 2.20. The van der Waals surface area contributed by atoms with Crippen LogP contribution in [-0.2, 0) is 10.0 Å². The third-order valence-electron chi connectivity index (χ3n) is 3.44. The average molecular weight is 374 g/mol. The summed E-state index contributed by atoms with van der Waals surface area (Å²) in [5.74, 6) is -0.505. The number of sulfonamides is 1. The topological polar surface area (TPSA) is 61.4 Å². The van der Waals surface area contributed by atoms with Crippen LogP contribution in [0.5, 0.6) is 0 Å².